The van der Waals surface area contributed by atoms with Gasteiger partial charge in [-0.25, -0.2) is 52.2 Å². The number of aliphatic hydroxyl groups is 3. The van der Waals surface area contributed by atoms with Crippen LogP contribution in [0.2, 0.25) is 0 Å². The normalized spacial score (nSPS) is 18.8. The summed E-state index contributed by atoms with van der Waals surface area (Å²) >= 11 is 0. The standard InChI is InChI=1S/C96H148N24O26S/c1-52(2)47-68-81(130)110-63(35-42-101-88(136)143-93(10,11)12)76(125)109-66(38-45-104-91(139)146-96(19,20)21)80(129)115-73(55(5)121)83(132)98-40-33-62(75(124)108-64(36-43-102-89(137)144-94(13,14)15)78(127)113-69(82(131)112-68)48-57-27-25-24-26-28-57)107-77(126)65(37-44-103-90(138)145-95(16,17)18)111-84(133)74(56(6)122)116-79(128)61(34-41-100-87(135)142-92(7,8)9)106-72(123)51-105-86(134)120(59-30-29-53(3)70(50-59)147(97,140)141)85-99-46-39-71(114-85)118(22)58-31-32-60-54(4)119(23)117-67(60)49-58/h24-32,39,46,49-50,52,55-56,61-66,68-69,73-74,80,115,121-122,129H,33-38,40-45,47-48,51H2,1-23H3,(H,98,132)(H,100,135)(H,101,136)(H,102,137)(H,103,138)(H,104,139)(H,105,134)(H,106,123)(H,107,126)(H,108,124)(H,109,125)(H,110,130)(H,111,133)(H,112,131)(H,113,127)(H,116,128)(H2,97,140,141)/t55-,56-,61+,62+,63-,64-,65-,66-,68-,69-,73+,74-,80?/m0/s1. The van der Waals surface area contributed by atoms with Crippen LogP contribution in [0.1, 0.15) is 193 Å². The molecule has 1 unspecified atom stereocenters. The van der Waals surface area contributed by atoms with E-state index in [0.29, 0.717) is 16.8 Å². The van der Waals surface area contributed by atoms with E-state index in [1.54, 1.807) is 157 Å². The van der Waals surface area contributed by atoms with Crippen molar-refractivity contribution in [3.63, 3.8) is 0 Å². The highest BCUT2D eigenvalue weighted by Gasteiger charge is 2.41. The summed E-state index contributed by atoms with van der Waals surface area (Å²) in [6.45, 7) is 28.6. The Morgan fingerprint density at radius 1 is 0.551 bits per heavy atom. The van der Waals surface area contributed by atoms with Crippen LogP contribution in [0.25, 0.3) is 10.9 Å². The molecule has 0 spiro atoms. The fourth-order valence-electron chi connectivity index (χ4n) is 14.5. The number of ether oxygens (including phenoxy) is 5. The minimum absolute atomic E-state index is 0.147. The first-order valence-corrected chi connectivity index (χ1v) is 49.7. The van der Waals surface area contributed by atoms with Crippen LogP contribution in [0.4, 0.5) is 51.9 Å². The minimum atomic E-state index is -4.47. The molecule has 3 aromatic carbocycles. The summed E-state index contributed by atoms with van der Waals surface area (Å²) in [4.78, 5) is 243. The SMILES string of the molecule is Cc1ccc(N(C(=O)NCC(=O)N[C@H](CCNC(=O)OC(C)(C)C)C(=O)N[C@H](C(=O)N[C@@H](CCNC(=O)OC(C)(C)C)C(=O)N[C@@H]2CCNC(=O)[C@@H]([C@H](C)O)NC(O)[C@H](CCNC(=O)OC(C)(C)C)NC(=O)[C@H](CCNC(=O)OC(C)(C)C)NC(=O)[C@H](CC(C)C)NC(=O)[C@H](Cc3ccccc3)NC(=O)[C@H](CCNC(=O)OC(C)(C)C)NC2=O)[C@H](C)O)c2nccc(N(C)c3ccc4c(C)n(C)nc4c3)n2)cc1S(N)(=O)=O. The van der Waals surface area contributed by atoms with E-state index in [0.717, 1.165) is 35.9 Å². The molecule has 1 aliphatic rings. The molecule has 17 amide bonds. The largest absolute Gasteiger partial charge is 0.444 e. The number of hydrogen-bond donors (Lipinski definition) is 21. The Hall–Kier alpha value is -13.9. The van der Waals surface area contributed by atoms with E-state index >= 15 is 38.4 Å². The molecular formula is C96H148N24O26S. The number of hydrogen-bond acceptors (Lipinski definition) is 31. The van der Waals surface area contributed by atoms with Crippen molar-refractivity contribution in [2.45, 2.75) is 309 Å². The fourth-order valence-corrected chi connectivity index (χ4v) is 15.3. The number of aryl methyl sites for hydroxylation is 3. The molecule has 50 nitrogen and oxygen atoms in total. The van der Waals surface area contributed by atoms with E-state index < -0.39 is 295 Å². The Balaban J connectivity index is 1.45. The number of benzene rings is 3. The van der Waals surface area contributed by atoms with Gasteiger partial charge in [-0.2, -0.15) is 10.1 Å². The zero-order chi connectivity index (χ0) is 110. The summed E-state index contributed by atoms with van der Waals surface area (Å²) in [6.07, 6.45) is -13.1. The van der Waals surface area contributed by atoms with Crippen LogP contribution >= 0.6 is 0 Å². The number of primary sulfonamides is 1. The first-order chi connectivity index (χ1) is 68.2. The van der Waals surface area contributed by atoms with E-state index in [-0.39, 0.29) is 48.9 Å². The van der Waals surface area contributed by atoms with E-state index in [1.807, 2.05) is 19.1 Å². The number of aromatic nitrogens is 4. The maximum Gasteiger partial charge on any atom is 0.407 e. The van der Waals surface area contributed by atoms with Gasteiger partial charge in [0.1, 0.15) is 94.4 Å². The number of sulfonamides is 1. The van der Waals surface area contributed by atoms with Gasteiger partial charge in [0.15, 0.2) is 0 Å². The molecule has 1 saturated heterocycles. The van der Waals surface area contributed by atoms with Crippen molar-refractivity contribution in [2.24, 2.45) is 18.1 Å². The van der Waals surface area contributed by atoms with E-state index in [9.17, 15) is 62.1 Å². The summed E-state index contributed by atoms with van der Waals surface area (Å²) in [7, 11) is -1.00. The van der Waals surface area contributed by atoms with Gasteiger partial charge in [0.2, 0.25) is 75.0 Å². The number of nitrogens with two attached hydrogens (primary N) is 1. The maximum atomic E-state index is 15.6. The number of fused-ring (bicyclic) bond motifs is 1. The van der Waals surface area contributed by atoms with Crippen molar-refractivity contribution >= 4 is 140 Å². The van der Waals surface area contributed by atoms with Crippen molar-refractivity contribution in [1.29, 1.82) is 0 Å². The lowest BCUT2D eigenvalue weighted by molar-refractivity contribution is -0.137. The lowest BCUT2D eigenvalue weighted by Crippen LogP contribution is -2.62. The molecule has 1 aliphatic heterocycles. The Kier molecular flexibility index (Phi) is 45.1. The average molecular weight is 2090 g/mol. The third-order valence-electron chi connectivity index (χ3n) is 21.6. The molecule has 0 radical (unpaired) electrons. The molecule has 0 bridgehead atoms. The second-order valence-corrected chi connectivity index (χ2v) is 42.3. The number of aliphatic hydroxyl groups excluding tert-OH is 3. The molecule has 0 saturated carbocycles. The number of amides is 17. The van der Waals surface area contributed by atoms with Gasteiger partial charge in [-0.1, -0.05) is 50.2 Å². The van der Waals surface area contributed by atoms with Crippen LogP contribution in [0.3, 0.4) is 0 Å². The molecule has 3 heterocycles. The van der Waals surface area contributed by atoms with Crippen molar-refractivity contribution in [2.75, 3.05) is 62.7 Å². The number of carbonyl (C=O) groups is 16. The Morgan fingerprint density at radius 2 is 1.03 bits per heavy atom. The van der Waals surface area contributed by atoms with Crippen molar-refractivity contribution < 1.29 is 124 Å². The summed E-state index contributed by atoms with van der Waals surface area (Å²) in [6, 6.07) is -0.492. The van der Waals surface area contributed by atoms with Crippen LogP contribution in [-0.2, 0) is 95.1 Å². The van der Waals surface area contributed by atoms with Crippen molar-refractivity contribution in [3.05, 3.63) is 95.8 Å². The van der Waals surface area contributed by atoms with Gasteiger partial charge in [-0.05, 0) is 230 Å². The maximum absolute atomic E-state index is 15.6. The van der Waals surface area contributed by atoms with Gasteiger partial charge in [-0.15, -0.1) is 0 Å². The predicted octanol–water partition coefficient (Wildman–Crippen LogP) is 2.03. The highest BCUT2D eigenvalue weighted by atomic mass is 32.2. The van der Waals surface area contributed by atoms with Gasteiger partial charge in [0, 0.05) is 82.7 Å². The van der Waals surface area contributed by atoms with Crippen LogP contribution < -0.4 is 105 Å². The molecule has 0 aliphatic carbocycles. The molecule has 814 valence electrons. The Morgan fingerprint density at radius 3 is 1.54 bits per heavy atom. The van der Waals surface area contributed by atoms with Gasteiger partial charge in [0.25, 0.3) is 0 Å². The number of urea groups is 1. The van der Waals surface area contributed by atoms with E-state index in [2.05, 4.69) is 105 Å². The Labute approximate surface area is 854 Å². The van der Waals surface area contributed by atoms with Gasteiger partial charge in [-0.3, -0.25) is 57.9 Å². The second-order valence-electron chi connectivity index (χ2n) is 40.8. The Bertz CT molecular complexity index is 5540. The molecule has 13 atom stereocenters. The van der Waals surface area contributed by atoms with Crippen LogP contribution in [-0.4, -0.2) is 299 Å². The van der Waals surface area contributed by atoms with Gasteiger partial charge >= 0.3 is 36.5 Å². The molecule has 5 aromatic rings. The molecule has 1 fully saturated rings. The van der Waals surface area contributed by atoms with Crippen LogP contribution in [0.15, 0.2) is 83.9 Å². The van der Waals surface area contributed by atoms with Crippen molar-refractivity contribution in [3.8, 4) is 0 Å². The summed E-state index contributed by atoms with van der Waals surface area (Å²) in [5.41, 5.74) is -2.65. The quantitative estimate of drug-likeness (QED) is 0.0258. The minimum Gasteiger partial charge on any atom is -0.444 e. The second kappa shape index (κ2) is 54.5. The number of carbonyl (C=O) groups excluding carboxylic acids is 16. The van der Waals surface area contributed by atoms with Crippen LogP contribution in [0, 0.1) is 19.8 Å². The molecule has 22 N–H and O–H groups in total. The first-order valence-electron chi connectivity index (χ1n) is 48.1. The number of alkyl carbamates (subject to hydrolysis) is 5. The first kappa shape index (κ1) is 122. The van der Waals surface area contributed by atoms with Gasteiger partial charge < -0.3 is 129 Å². The zero-order valence-electron chi connectivity index (χ0n) is 87.6. The molecule has 6 rings (SSSR count). The monoisotopic (exact) mass is 2090 g/mol. The fraction of sp³-hybridized carbons (Fsp3) is 0.594. The number of nitrogens with one attached hydrogen (secondary N) is 17. The van der Waals surface area contributed by atoms with E-state index in [1.165, 1.54) is 52.1 Å². The average Bonchev–Trinajstić information content (AvgIpc) is 1.78. The number of rotatable bonds is 35. The summed E-state index contributed by atoms with van der Waals surface area (Å²) in [5.74, 6) is -12.3. The molecule has 147 heavy (non-hydrogen) atoms. The topological polar surface area (TPSA) is 695 Å². The lowest BCUT2D eigenvalue weighted by atomic mass is 10.00. The molecule has 51 heteroatoms. The third-order valence-corrected chi connectivity index (χ3v) is 22.7. The lowest BCUT2D eigenvalue weighted by Gasteiger charge is -2.32. The number of anilines is 4. The smallest absolute Gasteiger partial charge is 0.407 e. The van der Waals surface area contributed by atoms with Crippen molar-refractivity contribution in [1.82, 2.24) is 110 Å². The molecular weight excluding hydrogens is 1940 g/mol. The third kappa shape index (κ3) is 42.2. The molecule has 2 aromatic heterocycles. The number of nitrogens with zero attached hydrogens (tertiary/aromatic N) is 6. The van der Waals surface area contributed by atoms with Gasteiger partial charge in [0.05, 0.1) is 40.9 Å². The zero-order valence-corrected chi connectivity index (χ0v) is 88.4. The summed E-state index contributed by atoms with van der Waals surface area (Å²) in [5, 5.41) is 89.5. The highest BCUT2D eigenvalue weighted by molar-refractivity contribution is 7.89. The van der Waals surface area contributed by atoms with Crippen LogP contribution in [0.5, 0.6) is 0 Å². The highest BCUT2D eigenvalue weighted by Crippen LogP contribution is 2.32. The summed E-state index contributed by atoms with van der Waals surface area (Å²) < 4.78 is 54.9. The van der Waals surface area contributed by atoms with E-state index in [4.69, 9.17) is 28.8 Å². The predicted molar refractivity (Wildman–Crippen MR) is 539 cm³/mol.